The highest BCUT2D eigenvalue weighted by molar-refractivity contribution is 5.65. The van der Waals surface area contributed by atoms with Crippen LogP contribution in [0.15, 0.2) is 0 Å². The lowest BCUT2D eigenvalue weighted by molar-refractivity contribution is -0.870. The Hall–Kier alpha value is -1.71. The number of esters is 1. The number of hydrogen-bond acceptors (Lipinski definition) is 7. The summed E-state index contributed by atoms with van der Waals surface area (Å²) in [6.45, 7) is 5.86. The van der Waals surface area contributed by atoms with Crippen LogP contribution in [0.5, 0.6) is 0 Å². The molecule has 0 aliphatic heterocycles. The average molecular weight is 368 g/mol. The largest absolute Gasteiger partial charge is 0.550 e. The second kappa shape index (κ2) is 17.1. The van der Waals surface area contributed by atoms with E-state index in [1.54, 1.807) is 0 Å². The Labute approximate surface area is 151 Å². The molecule has 0 unspecified atom stereocenters. The quantitative estimate of drug-likeness (QED) is 0.418. The molecule has 0 spiro atoms. The van der Waals surface area contributed by atoms with Crippen LogP contribution in [0, 0.1) is 0 Å². The van der Waals surface area contributed by atoms with E-state index in [9.17, 15) is 4.79 Å². The van der Waals surface area contributed by atoms with Crippen molar-refractivity contribution in [3.63, 3.8) is 0 Å². The van der Waals surface area contributed by atoms with E-state index in [0.29, 0.717) is 6.61 Å². The first-order chi connectivity index (χ1) is 10.9. The highest BCUT2D eigenvalue weighted by Crippen LogP contribution is 1.89. The van der Waals surface area contributed by atoms with Crippen LogP contribution >= 0.6 is 0 Å². The lowest BCUT2D eigenvalue weighted by Crippen LogP contribution is -2.37. The maximum Gasteiger partial charge on any atom is 0.302 e. The number of aliphatic hydroxyl groups excluding tert-OH is 1. The number of hydrogen-bond donors (Lipinski definition) is 1. The van der Waals surface area contributed by atoms with Crippen LogP contribution in [-0.2, 0) is 19.1 Å². The van der Waals surface area contributed by atoms with Gasteiger partial charge in [0.25, 0.3) is 0 Å². The normalized spacial score (nSPS) is 9.84. The number of likely N-dealkylation sites (N-methyl/N-ethyl adjacent to an activating group) is 2. The van der Waals surface area contributed by atoms with Crippen LogP contribution in [0.2, 0.25) is 0 Å². The van der Waals surface area contributed by atoms with E-state index in [1.165, 1.54) is 6.92 Å². The van der Waals surface area contributed by atoms with Crippen LogP contribution < -0.4 is 10.2 Å². The highest BCUT2D eigenvalue weighted by Gasteiger charge is 2.06. The number of quaternary nitrogens is 2. The zero-order chi connectivity index (χ0) is 21.3. The van der Waals surface area contributed by atoms with Gasteiger partial charge in [-0.1, -0.05) is 0 Å². The molecule has 1 N–H and O–H groups in total. The maximum absolute atomic E-state index is 10.3. The molecule has 9 nitrogen and oxygen atoms in total. The van der Waals surface area contributed by atoms with E-state index in [1.807, 2.05) is 0 Å². The molecule has 0 radical (unpaired) electrons. The number of carboxylic acid groups (broad SMARTS) is 2. The van der Waals surface area contributed by atoms with E-state index < -0.39 is 11.9 Å². The zero-order valence-electron chi connectivity index (χ0n) is 17.1. The lowest BCUT2D eigenvalue weighted by atomic mass is 10.5. The van der Waals surface area contributed by atoms with E-state index in [4.69, 9.17) is 29.6 Å². The zero-order valence-corrected chi connectivity index (χ0v) is 17.1. The summed E-state index contributed by atoms with van der Waals surface area (Å²) < 4.78 is 6.43. The van der Waals surface area contributed by atoms with Crippen LogP contribution in [-0.4, -0.2) is 101 Å². The van der Waals surface area contributed by atoms with E-state index in [0.717, 1.165) is 35.9 Å². The average Bonchev–Trinajstić information content (AvgIpc) is 2.23. The molecule has 0 heterocycles. The summed E-state index contributed by atoms with van der Waals surface area (Å²) in [6, 6.07) is 0. The molecule has 0 aliphatic carbocycles. The van der Waals surface area contributed by atoms with Crippen molar-refractivity contribution < 1.29 is 43.4 Å². The SMILES string of the molecule is CC(=O)OCC[N+](C)(C)C.CC(=O)[O-].CC(=O)[O-].C[N+](C)(C)CCO. The van der Waals surface area contributed by atoms with Crippen LogP contribution in [0.3, 0.4) is 0 Å². The summed E-state index contributed by atoms with van der Waals surface area (Å²) in [5.74, 6) is -2.37. The number of ether oxygens (including phenoxy) is 1. The van der Waals surface area contributed by atoms with Crippen molar-refractivity contribution in [3.05, 3.63) is 0 Å². The monoisotopic (exact) mass is 368 g/mol. The highest BCUT2D eigenvalue weighted by atomic mass is 16.5. The third kappa shape index (κ3) is 106. The fourth-order valence-corrected chi connectivity index (χ4v) is 0.763. The summed E-state index contributed by atoms with van der Waals surface area (Å²) in [5, 5.41) is 26.2. The van der Waals surface area contributed by atoms with Gasteiger partial charge < -0.3 is 38.6 Å². The Bertz CT molecular complexity index is 338. The number of aliphatic carboxylic acids is 2. The van der Waals surface area contributed by atoms with E-state index >= 15 is 0 Å². The molecule has 0 atom stereocenters. The van der Waals surface area contributed by atoms with Gasteiger partial charge in [0, 0.05) is 18.9 Å². The molecule has 0 bridgehead atoms. The first kappa shape index (κ1) is 31.1. The van der Waals surface area contributed by atoms with Crippen molar-refractivity contribution >= 4 is 17.9 Å². The van der Waals surface area contributed by atoms with Crippen molar-refractivity contribution in [2.45, 2.75) is 20.8 Å². The third-order valence-corrected chi connectivity index (χ3v) is 1.84. The van der Waals surface area contributed by atoms with Crippen molar-refractivity contribution in [3.8, 4) is 0 Å². The minimum Gasteiger partial charge on any atom is -0.550 e. The van der Waals surface area contributed by atoms with E-state index in [-0.39, 0.29) is 12.6 Å². The number of aliphatic hydroxyl groups is 1. The first-order valence-corrected chi connectivity index (χ1v) is 7.65. The molecular weight excluding hydrogens is 332 g/mol. The molecule has 0 aromatic rings. The molecule has 0 amide bonds. The summed E-state index contributed by atoms with van der Waals surface area (Å²) >= 11 is 0. The van der Waals surface area contributed by atoms with Gasteiger partial charge in [-0.25, -0.2) is 0 Å². The molecule has 9 heteroatoms. The predicted molar refractivity (Wildman–Crippen MR) is 90.9 cm³/mol. The van der Waals surface area contributed by atoms with Crippen LogP contribution in [0.25, 0.3) is 0 Å². The minimum atomic E-state index is -1.08. The van der Waals surface area contributed by atoms with Gasteiger partial charge in [0.1, 0.15) is 19.7 Å². The molecule has 25 heavy (non-hydrogen) atoms. The Morgan fingerprint density at radius 2 is 1.08 bits per heavy atom. The number of nitrogens with zero attached hydrogens (tertiary/aromatic N) is 2. The molecule has 0 saturated heterocycles. The molecular formula is C16H36N2O7. The van der Waals surface area contributed by atoms with Gasteiger partial charge in [0.15, 0.2) is 0 Å². The molecule has 0 aromatic heterocycles. The van der Waals surface area contributed by atoms with Crippen molar-refractivity contribution in [1.29, 1.82) is 0 Å². The van der Waals surface area contributed by atoms with Gasteiger partial charge in [-0.15, -0.1) is 0 Å². The van der Waals surface area contributed by atoms with Gasteiger partial charge in [0.05, 0.1) is 48.9 Å². The summed E-state index contributed by atoms with van der Waals surface area (Å²) in [5.41, 5.74) is 0. The van der Waals surface area contributed by atoms with Crippen LogP contribution in [0.1, 0.15) is 20.8 Å². The van der Waals surface area contributed by atoms with Crippen molar-refractivity contribution in [2.75, 3.05) is 68.6 Å². The Kier molecular flexibility index (Phi) is 21.3. The molecule has 0 saturated carbocycles. The first-order valence-electron chi connectivity index (χ1n) is 7.65. The number of rotatable bonds is 5. The second-order valence-electron chi connectivity index (χ2n) is 7.07. The van der Waals surface area contributed by atoms with Gasteiger partial charge in [0.2, 0.25) is 0 Å². The summed E-state index contributed by atoms with van der Waals surface area (Å²) in [6.07, 6.45) is 0. The molecule has 152 valence electrons. The standard InChI is InChI=1S/C7H16NO2.C5H14NO.2C2H4O2/c1-7(9)10-6-5-8(2,3)4;1-6(2,3)4-5-7;2*1-2(3)4/h5-6H2,1-4H3;7H,4-5H2,1-3H3;2*1H3,(H,3,4)/q2*+1;;/p-2. The number of carboxylic acids is 2. The number of carbonyl (C=O) groups excluding carboxylic acids is 3. The molecule has 0 fully saturated rings. The Morgan fingerprint density at radius 3 is 1.20 bits per heavy atom. The molecule has 0 aliphatic rings. The Balaban J connectivity index is -0.000000128. The number of carbonyl (C=O) groups is 3. The molecule has 0 aromatic carbocycles. The van der Waals surface area contributed by atoms with Gasteiger partial charge in [-0.2, -0.15) is 0 Å². The summed E-state index contributed by atoms with van der Waals surface area (Å²) in [4.78, 5) is 28.1. The second-order valence-corrected chi connectivity index (χ2v) is 7.07. The van der Waals surface area contributed by atoms with Crippen molar-refractivity contribution in [2.24, 2.45) is 0 Å². The van der Waals surface area contributed by atoms with E-state index in [2.05, 4.69) is 42.3 Å². The van der Waals surface area contributed by atoms with Crippen LogP contribution in [0.4, 0.5) is 0 Å². The fraction of sp³-hybridized carbons (Fsp3) is 0.812. The topological polar surface area (TPSA) is 127 Å². The summed E-state index contributed by atoms with van der Waals surface area (Å²) in [7, 11) is 12.3. The fourth-order valence-electron chi connectivity index (χ4n) is 0.763. The predicted octanol–water partition coefficient (Wildman–Crippen LogP) is -2.55. The van der Waals surface area contributed by atoms with Crippen molar-refractivity contribution in [1.82, 2.24) is 0 Å². The van der Waals surface area contributed by atoms with Gasteiger partial charge in [-0.05, 0) is 13.8 Å². The smallest absolute Gasteiger partial charge is 0.302 e. The lowest BCUT2D eigenvalue weighted by Gasteiger charge is -2.23. The third-order valence-electron chi connectivity index (χ3n) is 1.84. The Morgan fingerprint density at radius 1 is 0.800 bits per heavy atom. The minimum absolute atomic E-state index is 0.201. The van der Waals surface area contributed by atoms with Gasteiger partial charge in [-0.3, -0.25) is 4.79 Å². The maximum atomic E-state index is 10.3. The molecule has 0 rings (SSSR count). The van der Waals surface area contributed by atoms with Gasteiger partial charge >= 0.3 is 5.97 Å².